The largest absolute Gasteiger partial charge is 0.507 e. The molecule has 2 N–H and O–H groups in total. The van der Waals surface area contributed by atoms with Gasteiger partial charge in [0.1, 0.15) is 18.1 Å². The molecule has 0 saturated carbocycles. The molecule has 3 rings (SSSR count). The molecule has 1 heterocycles. The maximum Gasteiger partial charge on any atom is 0.323 e. The van der Waals surface area contributed by atoms with Crippen molar-refractivity contribution in [2.45, 2.75) is 13.0 Å². The van der Waals surface area contributed by atoms with Gasteiger partial charge in [-0.3, -0.25) is 14.4 Å². The van der Waals surface area contributed by atoms with Crippen molar-refractivity contribution in [2.75, 3.05) is 6.54 Å². The van der Waals surface area contributed by atoms with E-state index in [0.717, 1.165) is 22.6 Å². The smallest absolute Gasteiger partial charge is 0.323 e. The van der Waals surface area contributed by atoms with E-state index in [-0.39, 0.29) is 5.57 Å². The summed E-state index contributed by atoms with van der Waals surface area (Å²) in [6.07, 6.45) is 0. The van der Waals surface area contributed by atoms with Crippen molar-refractivity contribution in [3.8, 4) is 0 Å². The number of ketones is 1. The number of Topliss-reactive ketones (excluding diaryl/α,β-unsaturated/α-hetero) is 1. The van der Waals surface area contributed by atoms with Gasteiger partial charge in [-0.05, 0) is 24.6 Å². The Kier molecular flexibility index (Phi) is 4.77. The maximum atomic E-state index is 13.3. The highest BCUT2D eigenvalue weighted by Gasteiger charge is 2.46. The summed E-state index contributed by atoms with van der Waals surface area (Å²) >= 11 is 0. The van der Waals surface area contributed by atoms with Crippen molar-refractivity contribution in [1.29, 1.82) is 0 Å². The molecule has 1 saturated heterocycles. The number of aliphatic carboxylic acids is 1. The molecule has 1 fully saturated rings. The van der Waals surface area contributed by atoms with Gasteiger partial charge in [-0.1, -0.05) is 42.0 Å². The highest BCUT2D eigenvalue weighted by Crippen LogP contribution is 2.39. The van der Waals surface area contributed by atoms with Crippen LogP contribution in [0.1, 0.15) is 22.7 Å². The summed E-state index contributed by atoms with van der Waals surface area (Å²) in [5, 5.41) is 19.8. The van der Waals surface area contributed by atoms with Crippen LogP contribution in [0.5, 0.6) is 0 Å². The van der Waals surface area contributed by atoms with Gasteiger partial charge in [0.2, 0.25) is 0 Å². The number of halogens is 1. The number of likely N-dealkylation sites (tertiary alicyclic amines) is 1. The van der Waals surface area contributed by atoms with Crippen molar-refractivity contribution in [1.82, 2.24) is 4.90 Å². The maximum absolute atomic E-state index is 13.3. The average Bonchev–Trinajstić information content (AvgIpc) is 2.87. The summed E-state index contributed by atoms with van der Waals surface area (Å²) in [5.74, 6) is -4.24. The normalized spacial score (nSPS) is 18.7. The first-order chi connectivity index (χ1) is 12.8. The number of aryl methyl sites for hydroxylation is 1. The van der Waals surface area contributed by atoms with Crippen LogP contribution in [0.25, 0.3) is 5.76 Å². The van der Waals surface area contributed by atoms with Crippen LogP contribution in [0.15, 0.2) is 54.1 Å². The van der Waals surface area contributed by atoms with Gasteiger partial charge < -0.3 is 15.1 Å². The molecule has 1 aliphatic rings. The monoisotopic (exact) mass is 369 g/mol. The van der Waals surface area contributed by atoms with Gasteiger partial charge in [0, 0.05) is 5.56 Å². The average molecular weight is 369 g/mol. The van der Waals surface area contributed by atoms with E-state index in [1.807, 2.05) is 6.92 Å². The van der Waals surface area contributed by atoms with E-state index in [1.54, 1.807) is 24.3 Å². The SMILES string of the molecule is Cc1ccc(C(O)=C2C(=O)C(=O)N(CC(=O)O)C2c2ccc(F)cc2)cc1. The van der Waals surface area contributed by atoms with E-state index < -0.39 is 41.8 Å². The zero-order chi connectivity index (χ0) is 19.7. The molecule has 2 aromatic carbocycles. The van der Waals surface area contributed by atoms with Gasteiger partial charge in [0.15, 0.2) is 0 Å². The third kappa shape index (κ3) is 3.44. The minimum absolute atomic E-state index is 0.225. The standard InChI is InChI=1S/C20H16FNO5/c1-11-2-4-13(5-3-11)18(25)16-17(12-6-8-14(21)9-7-12)22(10-15(23)24)20(27)19(16)26/h2-9,17,25H,10H2,1H3,(H,23,24). The van der Waals surface area contributed by atoms with Crippen molar-refractivity contribution >= 4 is 23.4 Å². The number of carboxylic acids is 1. The third-order valence-electron chi connectivity index (χ3n) is 4.36. The van der Waals surface area contributed by atoms with Crippen LogP contribution < -0.4 is 0 Å². The number of aliphatic hydroxyl groups is 1. The molecule has 0 aromatic heterocycles. The first kappa shape index (κ1) is 18.3. The van der Waals surface area contributed by atoms with Crippen molar-refractivity contribution in [3.05, 3.63) is 76.6 Å². The fraction of sp³-hybridized carbons (Fsp3) is 0.150. The molecule has 1 atom stereocenters. The van der Waals surface area contributed by atoms with Crippen molar-refractivity contribution < 1.29 is 29.0 Å². The Balaban J connectivity index is 2.19. The zero-order valence-corrected chi connectivity index (χ0v) is 14.3. The van der Waals surface area contributed by atoms with E-state index in [9.17, 15) is 23.9 Å². The van der Waals surface area contributed by atoms with Crippen molar-refractivity contribution in [3.63, 3.8) is 0 Å². The molecule has 0 bridgehead atoms. The number of nitrogens with zero attached hydrogens (tertiary/aromatic N) is 1. The summed E-state index contributed by atoms with van der Waals surface area (Å²) in [7, 11) is 0. The number of aliphatic hydroxyl groups excluding tert-OH is 1. The van der Waals surface area contributed by atoms with Crippen LogP contribution in [0.3, 0.4) is 0 Å². The number of hydrogen-bond donors (Lipinski definition) is 2. The Labute approximate surface area is 154 Å². The molecule has 138 valence electrons. The second-order valence-electron chi connectivity index (χ2n) is 6.24. The second-order valence-corrected chi connectivity index (χ2v) is 6.24. The number of carbonyl (C=O) groups is 3. The van der Waals surface area contributed by atoms with Gasteiger partial charge in [-0.2, -0.15) is 0 Å². The summed E-state index contributed by atoms with van der Waals surface area (Å²) < 4.78 is 13.3. The summed E-state index contributed by atoms with van der Waals surface area (Å²) in [4.78, 5) is 37.0. The fourth-order valence-corrected chi connectivity index (χ4v) is 3.05. The first-order valence-electron chi connectivity index (χ1n) is 8.12. The molecule has 0 aliphatic carbocycles. The lowest BCUT2D eigenvalue weighted by atomic mass is 9.95. The molecule has 0 spiro atoms. The Bertz CT molecular complexity index is 947. The molecule has 2 aromatic rings. The molecule has 6 nitrogen and oxygen atoms in total. The molecule has 1 amide bonds. The molecule has 7 heteroatoms. The summed E-state index contributed by atoms with van der Waals surface area (Å²) in [5.41, 5.74) is 1.36. The van der Waals surface area contributed by atoms with Crippen LogP contribution in [-0.4, -0.2) is 39.3 Å². The van der Waals surface area contributed by atoms with Crippen LogP contribution in [0.4, 0.5) is 4.39 Å². The van der Waals surface area contributed by atoms with E-state index >= 15 is 0 Å². The lowest BCUT2D eigenvalue weighted by Gasteiger charge is -2.23. The van der Waals surface area contributed by atoms with E-state index in [2.05, 4.69) is 0 Å². The quantitative estimate of drug-likeness (QED) is 0.491. The Hall–Kier alpha value is -3.48. The number of benzene rings is 2. The zero-order valence-electron chi connectivity index (χ0n) is 14.3. The van der Waals surface area contributed by atoms with Gasteiger partial charge in [0.25, 0.3) is 11.7 Å². The van der Waals surface area contributed by atoms with E-state index in [4.69, 9.17) is 5.11 Å². The number of carboxylic acid groups (broad SMARTS) is 1. The fourth-order valence-electron chi connectivity index (χ4n) is 3.05. The number of carbonyl (C=O) groups excluding carboxylic acids is 2. The summed E-state index contributed by atoms with van der Waals surface area (Å²) in [6.45, 7) is 1.13. The lowest BCUT2D eigenvalue weighted by Crippen LogP contribution is -2.34. The molecule has 0 radical (unpaired) electrons. The van der Waals surface area contributed by atoms with Crippen LogP contribution >= 0.6 is 0 Å². The topological polar surface area (TPSA) is 94.9 Å². The van der Waals surface area contributed by atoms with Crippen molar-refractivity contribution in [2.24, 2.45) is 0 Å². The third-order valence-corrected chi connectivity index (χ3v) is 4.36. The van der Waals surface area contributed by atoms with Gasteiger partial charge in [-0.25, -0.2) is 4.39 Å². The van der Waals surface area contributed by atoms with Crippen LogP contribution in [0.2, 0.25) is 0 Å². The Morgan fingerprint density at radius 2 is 1.63 bits per heavy atom. The molecule has 27 heavy (non-hydrogen) atoms. The second kappa shape index (κ2) is 7.03. The van der Waals surface area contributed by atoms with Crippen LogP contribution in [-0.2, 0) is 14.4 Å². The predicted octanol–water partition coefficient (Wildman–Crippen LogP) is 2.64. The van der Waals surface area contributed by atoms with Gasteiger partial charge in [-0.15, -0.1) is 0 Å². The first-order valence-corrected chi connectivity index (χ1v) is 8.12. The van der Waals surface area contributed by atoms with Gasteiger partial charge in [0.05, 0.1) is 11.6 Å². The minimum atomic E-state index is -1.31. The minimum Gasteiger partial charge on any atom is -0.507 e. The van der Waals surface area contributed by atoms with E-state index in [0.29, 0.717) is 11.1 Å². The molecular formula is C20H16FNO5. The predicted molar refractivity (Wildman–Crippen MR) is 94.2 cm³/mol. The number of rotatable bonds is 4. The molecule has 1 aliphatic heterocycles. The summed E-state index contributed by atoms with van der Waals surface area (Å²) in [6, 6.07) is 10.5. The highest BCUT2D eigenvalue weighted by molar-refractivity contribution is 6.46. The Morgan fingerprint density at radius 3 is 2.19 bits per heavy atom. The number of hydrogen-bond acceptors (Lipinski definition) is 4. The highest BCUT2D eigenvalue weighted by atomic mass is 19.1. The Morgan fingerprint density at radius 1 is 1.04 bits per heavy atom. The number of amides is 1. The lowest BCUT2D eigenvalue weighted by molar-refractivity contribution is -0.146. The van der Waals surface area contributed by atoms with E-state index in [1.165, 1.54) is 12.1 Å². The van der Waals surface area contributed by atoms with Gasteiger partial charge >= 0.3 is 5.97 Å². The molecular weight excluding hydrogens is 353 g/mol. The molecule has 1 unspecified atom stereocenters. The van der Waals surface area contributed by atoms with Crippen LogP contribution in [0, 0.1) is 12.7 Å².